The summed E-state index contributed by atoms with van der Waals surface area (Å²) in [5.74, 6) is -1.74. The summed E-state index contributed by atoms with van der Waals surface area (Å²) in [5.41, 5.74) is 0. The molecule has 1 unspecified atom stereocenters. The maximum atomic E-state index is 11.2. The van der Waals surface area contributed by atoms with E-state index in [1.165, 1.54) is 0 Å². The van der Waals surface area contributed by atoms with Gasteiger partial charge in [0.1, 0.15) is 11.9 Å². The van der Waals surface area contributed by atoms with E-state index in [9.17, 15) is 9.59 Å². The van der Waals surface area contributed by atoms with Gasteiger partial charge >= 0.3 is 11.9 Å². The zero-order valence-electron chi connectivity index (χ0n) is 9.76. The van der Waals surface area contributed by atoms with Crippen LogP contribution in [0.1, 0.15) is 13.3 Å². The van der Waals surface area contributed by atoms with E-state index in [-0.39, 0.29) is 19.6 Å². The van der Waals surface area contributed by atoms with Gasteiger partial charge in [-0.25, -0.2) is 0 Å². The minimum Gasteiger partial charge on any atom is -0.481 e. The van der Waals surface area contributed by atoms with Gasteiger partial charge in [0.05, 0.1) is 26.2 Å². The van der Waals surface area contributed by atoms with Crippen LogP contribution in [0.25, 0.3) is 0 Å². The molecule has 0 aromatic carbocycles. The lowest BCUT2D eigenvalue weighted by Crippen LogP contribution is -2.23. The molecule has 0 radical (unpaired) electrons. The van der Waals surface area contributed by atoms with E-state index in [0.717, 1.165) is 0 Å². The normalized spacial score (nSPS) is 12.1. The molecule has 0 bridgehead atoms. The fourth-order valence-corrected chi connectivity index (χ4v) is 1.14. The highest BCUT2D eigenvalue weighted by atomic mass is 32.1. The van der Waals surface area contributed by atoms with Crippen molar-refractivity contribution in [3.05, 3.63) is 0 Å². The van der Waals surface area contributed by atoms with Crippen molar-refractivity contribution in [2.24, 2.45) is 0 Å². The van der Waals surface area contributed by atoms with Gasteiger partial charge in [-0.05, 0) is 6.92 Å². The second kappa shape index (κ2) is 10.4. The SMILES string of the molecule is CCOCCOCCOC(=O)C(S)CC(=O)O. The first kappa shape index (κ1) is 16.2. The van der Waals surface area contributed by atoms with E-state index in [0.29, 0.717) is 19.8 Å². The Balaban J connectivity index is 3.41. The molecule has 17 heavy (non-hydrogen) atoms. The van der Waals surface area contributed by atoms with Gasteiger partial charge in [0.2, 0.25) is 0 Å². The largest absolute Gasteiger partial charge is 0.481 e. The summed E-state index contributed by atoms with van der Waals surface area (Å²) >= 11 is 3.82. The van der Waals surface area contributed by atoms with E-state index in [2.05, 4.69) is 12.6 Å². The summed E-state index contributed by atoms with van der Waals surface area (Å²) in [5, 5.41) is 7.50. The molecule has 0 rings (SSSR count). The van der Waals surface area contributed by atoms with Crippen LogP contribution in [-0.2, 0) is 23.8 Å². The van der Waals surface area contributed by atoms with Gasteiger partial charge in [-0.15, -0.1) is 0 Å². The third-order valence-electron chi connectivity index (χ3n) is 1.69. The molecule has 1 atom stereocenters. The first-order valence-corrected chi connectivity index (χ1v) is 5.81. The minimum absolute atomic E-state index is 0.0850. The van der Waals surface area contributed by atoms with Crippen molar-refractivity contribution in [1.82, 2.24) is 0 Å². The first-order chi connectivity index (χ1) is 8.07. The Bertz CT molecular complexity index is 233. The van der Waals surface area contributed by atoms with Crippen LogP contribution in [0.2, 0.25) is 0 Å². The summed E-state index contributed by atoms with van der Waals surface area (Å²) in [6.45, 7) is 3.80. The molecule has 0 heterocycles. The van der Waals surface area contributed by atoms with Crippen LogP contribution in [0.5, 0.6) is 0 Å². The van der Waals surface area contributed by atoms with Crippen LogP contribution >= 0.6 is 12.6 Å². The highest BCUT2D eigenvalue weighted by molar-refractivity contribution is 7.81. The molecule has 0 aromatic rings. The van der Waals surface area contributed by atoms with Crippen molar-refractivity contribution in [2.75, 3.05) is 33.0 Å². The maximum absolute atomic E-state index is 11.2. The van der Waals surface area contributed by atoms with Crippen LogP contribution in [0.4, 0.5) is 0 Å². The van der Waals surface area contributed by atoms with Crippen molar-refractivity contribution in [3.63, 3.8) is 0 Å². The predicted molar refractivity (Wildman–Crippen MR) is 63.3 cm³/mol. The lowest BCUT2D eigenvalue weighted by molar-refractivity contribution is -0.148. The molecule has 0 saturated heterocycles. The molecule has 0 aliphatic heterocycles. The number of ether oxygens (including phenoxy) is 3. The molecule has 0 amide bonds. The molecule has 0 aromatic heterocycles. The highest BCUT2D eigenvalue weighted by Gasteiger charge is 2.18. The van der Waals surface area contributed by atoms with Crippen molar-refractivity contribution in [2.45, 2.75) is 18.6 Å². The minimum atomic E-state index is -1.09. The van der Waals surface area contributed by atoms with Crippen molar-refractivity contribution in [1.29, 1.82) is 0 Å². The molecule has 0 fully saturated rings. The van der Waals surface area contributed by atoms with Crippen LogP contribution in [-0.4, -0.2) is 55.3 Å². The Kier molecular flexibility index (Phi) is 9.89. The molecule has 6 nitrogen and oxygen atoms in total. The molecule has 0 aliphatic carbocycles. The molecule has 0 aliphatic rings. The summed E-state index contributed by atoms with van der Waals surface area (Å²) in [6, 6.07) is 0. The van der Waals surface area contributed by atoms with Gasteiger partial charge in [0, 0.05) is 6.61 Å². The Labute approximate surface area is 106 Å². The quantitative estimate of drug-likeness (QED) is 0.337. The Morgan fingerprint density at radius 1 is 1.18 bits per heavy atom. The molecule has 1 N–H and O–H groups in total. The summed E-state index contributed by atoms with van der Waals surface area (Å²) in [4.78, 5) is 21.5. The Hall–Kier alpha value is -0.790. The van der Waals surface area contributed by atoms with Crippen molar-refractivity contribution in [3.8, 4) is 0 Å². The number of thiol groups is 1. The number of aliphatic carboxylic acids is 1. The molecular weight excluding hydrogens is 248 g/mol. The van der Waals surface area contributed by atoms with Gasteiger partial charge in [0.25, 0.3) is 0 Å². The van der Waals surface area contributed by atoms with Crippen molar-refractivity contribution >= 4 is 24.6 Å². The fourth-order valence-electron chi connectivity index (χ4n) is 0.910. The lowest BCUT2D eigenvalue weighted by atomic mass is 10.3. The topological polar surface area (TPSA) is 82.1 Å². The van der Waals surface area contributed by atoms with Gasteiger partial charge in [-0.2, -0.15) is 12.6 Å². The van der Waals surface area contributed by atoms with Crippen LogP contribution < -0.4 is 0 Å². The molecule has 7 heteroatoms. The zero-order valence-corrected chi connectivity index (χ0v) is 10.7. The third-order valence-corrected chi connectivity index (χ3v) is 2.08. The number of hydrogen-bond acceptors (Lipinski definition) is 6. The fraction of sp³-hybridized carbons (Fsp3) is 0.800. The van der Waals surface area contributed by atoms with E-state index in [1.54, 1.807) is 0 Å². The second-order valence-corrected chi connectivity index (χ2v) is 3.71. The van der Waals surface area contributed by atoms with Crippen LogP contribution in [0, 0.1) is 0 Å². The monoisotopic (exact) mass is 266 g/mol. The smallest absolute Gasteiger partial charge is 0.319 e. The van der Waals surface area contributed by atoms with Crippen molar-refractivity contribution < 1.29 is 28.9 Å². The Morgan fingerprint density at radius 3 is 2.35 bits per heavy atom. The summed E-state index contributed by atoms with van der Waals surface area (Å²) in [7, 11) is 0. The zero-order chi connectivity index (χ0) is 13.1. The summed E-state index contributed by atoms with van der Waals surface area (Å²) < 4.78 is 14.9. The second-order valence-electron chi connectivity index (χ2n) is 3.09. The van der Waals surface area contributed by atoms with Gasteiger partial charge in [0.15, 0.2) is 0 Å². The summed E-state index contributed by atoms with van der Waals surface area (Å²) in [6.07, 6.45) is -0.354. The number of carbonyl (C=O) groups is 2. The van der Waals surface area contributed by atoms with Gasteiger partial charge in [-0.3, -0.25) is 9.59 Å². The highest BCUT2D eigenvalue weighted by Crippen LogP contribution is 2.03. The number of esters is 1. The lowest BCUT2D eigenvalue weighted by Gasteiger charge is -2.09. The number of carbonyl (C=O) groups excluding carboxylic acids is 1. The predicted octanol–water partition coefficient (Wildman–Crippen LogP) is 0.356. The van der Waals surface area contributed by atoms with Gasteiger partial charge < -0.3 is 19.3 Å². The molecule has 0 spiro atoms. The number of carboxylic acids is 1. The molecular formula is C10H18O6S. The van der Waals surface area contributed by atoms with E-state index >= 15 is 0 Å². The maximum Gasteiger partial charge on any atom is 0.319 e. The van der Waals surface area contributed by atoms with E-state index < -0.39 is 17.2 Å². The average molecular weight is 266 g/mol. The number of hydrogen-bond donors (Lipinski definition) is 2. The standard InChI is InChI=1S/C10H18O6S/c1-2-14-3-4-15-5-6-16-10(13)8(17)7-9(11)12/h8,17H,2-7H2,1H3,(H,11,12). The number of carboxylic acid groups (broad SMARTS) is 1. The molecule has 0 saturated carbocycles. The third kappa shape index (κ3) is 10.1. The first-order valence-electron chi connectivity index (χ1n) is 5.30. The van der Waals surface area contributed by atoms with Crippen LogP contribution in [0.3, 0.4) is 0 Å². The number of rotatable bonds is 10. The molecule has 100 valence electrons. The Morgan fingerprint density at radius 2 is 1.76 bits per heavy atom. The van der Waals surface area contributed by atoms with E-state index in [1.807, 2.05) is 6.92 Å². The van der Waals surface area contributed by atoms with E-state index in [4.69, 9.17) is 19.3 Å². The average Bonchev–Trinajstić information content (AvgIpc) is 2.26. The van der Waals surface area contributed by atoms with Crippen LogP contribution in [0.15, 0.2) is 0 Å². The van der Waals surface area contributed by atoms with Gasteiger partial charge in [-0.1, -0.05) is 0 Å².